The largest absolute Gasteiger partial charge is 0.356 e. The van der Waals surface area contributed by atoms with E-state index in [4.69, 9.17) is 5.73 Å². The molecule has 1 heterocycles. The van der Waals surface area contributed by atoms with Gasteiger partial charge in [0.05, 0.1) is 0 Å². The van der Waals surface area contributed by atoms with Gasteiger partial charge in [0.15, 0.2) is 0 Å². The zero-order chi connectivity index (χ0) is 13.2. The van der Waals surface area contributed by atoms with Gasteiger partial charge in [-0.25, -0.2) is 4.98 Å². The molecule has 0 spiro atoms. The molecule has 0 radical (unpaired) electrons. The van der Waals surface area contributed by atoms with E-state index in [9.17, 15) is 0 Å². The molecule has 0 amide bonds. The number of nitrogens with zero attached hydrogens (tertiary/aromatic N) is 2. The van der Waals surface area contributed by atoms with E-state index in [0.717, 1.165) is 12.4 Å². The summed E-state index contributed by atoms with van der Waals surface area (Å²) in [6.45, 7) is 0.778. The molecule has 3 heteroatoms. The minimum atomic E-state index is 0.531. The lowest BCUT2D eigenvalue weighted by molar-refractivity contribution is 0.473. The second-order valence-corrected chi connectivity index (χ2v) is 5.46. The summed E-state index contributed by atoms with van der Waals surface area (Å²) in [6.07, 6.45) is 5.65. The molecule has 2 unspecified atom stereocenters. The summed E-state index contributed by atoms with van der Waals surface area (Å²) >= 11 is 0. The summed E-state index contributed by atoms with van der Waals surface area (Å²) in [7, 11) is 2.16. The Labute approximate surface area is 114 Å². The van der Waals surface area contributed by atoms with E-state index >= 15 is 0 Å². The maximum atomic E-state index is 5.91. The molecular formula is C16H21N3. The fraction of sp³-hybridized carbons (Fsp3) is 0.438. The standard InChI is InChI=1S/C16H21N3/c1-19(15-8-4-6-13(15)11-17)16-14-7-3-2-5-12(14)9-10-18-16/h2-3,5,7,9-10,13,15H,4,6,8,11,17H2,1H3. The van der Waals surface area contributed by atoms with Crippen molar-refractivity contribution in [1.29, 1.82) is 0 Å². The monoisotopic (exact) mass is 255 g/mol. The molecule has 0 aliphatic heterocycles. The van der Waals surface area contributed by atoms with Crippen LogP contribution < -0.4 is 10.6 Å². The predicted octanol–water partition coefficient (Wildman–Crippen LogP) is 2.80. The highest BCUT2D eigenvalue weighted by Crippen LogP contribution is 2.33. The first-order valence-corrected chi connectivity index (χ1v) is 7.08. The van der Waals surface area contributed by atoms with Gasteiger partial charge in [0, 0.05) is 24.7 Å². The number of pyridine rings is 1. The van der Waals surface area contributed by atoms with E-state index in [0.29, 0.717) is 12.0 Å². The van der Waals surface area contributed by atoms with Crippen molar-refractivity contribution >= 4 is 16.6 Å². The van der Waals surface area contributed by atoms with Gasteiger partial charge in [-0.05, 0) is 36.8 Å². The molecule has 0 bridgehead atoms. The Hall–Kier alpha value is -1.61. The fourth-order valence-electron chi connectivity index (χ4n) is 3.34. The van der Waals surface area contributed by atoms with Crippen LogP contribution in [-0.2, 0) is 0 Å². The van der Waals surface area contributed by atoms with Gasteiger partial charge < -0.3 is 10.6 Å². The number of anilines is 1. The molecule has 2 aromatic rings. The van der Waals surface area contributed by atoms with Gasteiger partial charge in [-0.3, -0.25) is 0 Å². The Kier molecular flexibility index (Phi) is 3.38. The number of nitrogens with two attached hydrogens (primary N) is 1. The molecule has 3 nitrogen and oxygen atoms in total. The van der Waals surface area contributed by atoms with E-state index in [1.54, 1.807) is 0 Å². The summed E-state index contributed by atoms with van der Waals surface area (Å²) in [5.74, 6) is 1.69. The summed E-state index contributed by atoms with van der Waals surface area (Å²) < 4.78 is 0. The highest BCUT2D eigenvalue weighted by Gasteiger charge is 2.30. The molecule has 1 aliphatic rings. The minimum absolute atomic E-state index is 0.531. The SMILES string of the molecule is CN(c1nccc2ccccc12)C1CCCC1CN. The van der Waals surface area contributed by atoms with E-state index in [2.05, 4.69) is 47.3 Å². The van der Waals surface area contributed by atoms with Gasteiger partial charge in [0.2, 0.25) is 0 Å². The van der Waals surface area contributed by atoms with Crippen LogP contribution in [0.4, 0.5) is 5.82 Å². The van der Waals surface area contributed by atoms with E-state index in [1.165, 1.54) is 30.0 Å². The predicted molar refractivity (Wildman–Crippen MR) is 80.3 cm³/mol. The van der Waals surface area contributed by atoms with Gasteiger partial charge in [-0.15, -0.1) is 0 Å². The number of hydrogen-bond donors (Lipinski definition) is 1. The fourth-order valence-corrected chi connectivity index (χ4v) is 3.34. The smallest absolute Gasteiger partial charge is 0.136 e. The normalized spacial score (nSPS) is 22.8. The molecule has 2 atom stereocenters. The Bertz CT molecular complexity index is 561. The van der Waals surface area contributed by atoms with Gasteiger partial charge in [0.25, 0.3) is 0 Å². The average Bonchev–Trinajstić information content (AvgIpc) is 2.94. The Morgan fingerprint density at radius 2 is 2.11 bits per heavy atom. The second kappa shape index (κ2) is 5.17. The lowest BCUT2D eigenvalue weighted by atomic mass is 10.0. The van der Waals surface area contributed by atoms with Crippen LogP contribution in [0, 0.1) is 5.92 Å². The third-order valence-corrected chi connectivity index (χ3v) is 4.41. The highest BCUT2D eigenvalue weighted by atomic mass is 15.2. The molecule has 1 fully saturated rings. The van der Waals surface area contributed by atoms with Crippen molar-refractivity contribution in [2.75, 3.05) is 18.5 Å². The molecule has 1 aromatic carbocycles. The van der Waals surface area contributed by atoms with E-state index < -0.39 is 0 Å². The quantitative estimate of drug-likeness (QED) is 0.917. The van der Waals surface area contributed by atoms with E-state index in [1.807, 2.05) is 6.20 Å². The van der Waals surface area contributed by atoms with Gasteiger partial charge in [-0.1, -0.05) is 30.7 Å². The number of rotatable bonds is 3. The Balaban J connectivity index is 1.99. The lowest BCUT2D eigenvalue weighted by Crippen LogP contribution is -2.38. The number of hydrogen-bond acceptors (Lipinski definition) is 3. The van der Waals surface area contributed by atoms with Crippen molar-refractivity contribution in [1.82, 2.24) is 4.98 Å². The number of benzene rings is 1. The van der Waals surface area contributed by atoms with E-state index in [-0.39, 0.29) is 0 Å². The lowest BCUT2D eigenvalue weighted by Gasteiger charge is -2.31. The van der Waals surface area contributed by atoms with Crippen LogP contribution in [0.2, 0.25) is 0 Å². The van der Waals surface area contributed by atoms with Crippen LogP contribution in [0.15, 0.2) is 36.5 Å². The molecule has 3 rings (SSSR count). The zero-order valence-corrected chi connectivity index (χ0v) is 11.4. The minimum Gasteiger partial charge on any atom is -0.356 e. The molecule has 0 saturated heterocycles. The van der Waals surface area contributed by atoms with Crippen molar-refractivity contribution in [3.05, 3.63) is 36.5 Å². The second-order valence-electron chi connectivity index (χ2n) is 5.46. The summed E-state index contributed by atoms with van der Waals surface area (Å²) in [6, 6.07) is 11.1. The van der Waals surface area contributed by atoms with Crippen molar-refractivity contribution < 1.29 is 0 Å². The molecule has 19 heavy (non-hydrogen) atoms. The van der Waals surface area contributed by atoms with Crippen LogP contribution >= 0.6 is 0 Å². The van der Waals surface area contributed by atoms with Crippen molar-refractivity contribution in [2.24, 2.45) is 11.7 Å². The van der Waals surface area contributed by atoms with Gasteiger partial charge in [0.1, 0.15) is 5.82 Å². The Morgan fingerprint density at radius 3 is 2.95 bits per heavy atom. The summed E-state index contributed by atoms with van der Waals surface area (Å²) in [4.78, 5) is 6.95. The molecule has 1 aliphatic carbocycles. The first-order chi connectivity index (χ1) is 9.31. The average molecular weight is 255 g/mol. The molecule has 2 N–H and O–H groups in total. The third-order valence-electron chi connectivity index (χ3n) is 4.41. The Morgan fingerprint density at radius 1 is 1.26 bits per heavy atom. The maximum absolute atomic E-state index is 5.91. The van der Waals surface area contributed by atoms with Crippen LogP contribution in [0.25, 0.3) is 10.8 Å². The van der Waals surface area contributed by atoms with Gasteiger partial charge >= 0.3 is 0 Å². The molecule has 100 valence electrons. The van der Waals surface area contributed by atoms with Crippen molar-refractivity contribution in [2.45, 2.75) is 25.3 Å². The highest BCUT2D eigenvalue weighted by molar-refractivity contribution is 5.92. The third kappa shape index (κ3) is 2.19. The number of fused-ring (bicyclic) bond motifs is 1. The molecule has 1 saturated carbocycles. The molecule has 1 aromatic heterocycles. The van der Waals surface area contributed by atoms with Crippen LogP contribution in [0.3, 0.4) is 0 Å². The first-order valence-electron chi connectivity index (χ1n) is 7.08. The van der Waals surface area contributed by atoms with Crippen LogP contribution in [0.5, 0.6) is 0 Å². The van der Waals surface area contributed by atoms with Crippen molar-refractivity contribution in [3.63, 3.8) is 0 Å². The topological polar surface area (TPSA) is 42.2 Å². The van der Waals surface area contributed by atoms with Crippen molar-refractivity contribution in [3.8, 4) is 0 Å². The van der Waals surface area contributed by atoms with Crippen LogP contribution in [-0.4, -0.2) is 24.6 Å². The summed E-state index contributed by atoms with van der Waals surface area (Å²) in [5, 5.41) is 2.48. The number of aromatic nitrogens is 1. The summed E-state index contributed by atoms with van der Waals surface area (Å²) in [5.41, 5.74) is 5.91. The first kappa shape index (κ1) is 12.4. The van der Waals surface area contributed by atoms with Gasteiger partial charge in [-0.2, -0.15) is 0 Å². The zero-order valence-electron chi connectivity index (χ0n) is 11.4. The van der Waals surface area contributed by atoms with Crippen LogP contribution in [0.1, 0.15) is 19.3 Å². The molecular weight excluding hydrogens is 234 g/mol. The maximum Gasteiger partial charge on any atom is 0.136 e.